The van der Waals surface area contributed by atoms with Gasteiger partial charge in [-0.05, 0) is 44.4 Å². The summed E-state index contributed by atoms with van der Waals surface area (Å²) in [5.41, 5.74) is 1.75. The van der Waals surface area contributed by atoms with E-state index in [-0.39, 0.29) is 0 Å². The molecule has 0 radical (unpaired) electrons. The van der Waals surface area contributed by atoms with Gasteiger partial charge in [0.25, 0.3) is 5.88 Å². The number of anilines is 1. The number of hydrogen-bond donors (Lipinski definition) is 2. The zero-order valence-corrected chi connectivity index (χ0v) is 13.1. The van der Waals surface area contributed by atoms with Gasteiger partial charge in [0.2, 0.25) is 0 Å². The van der Waals surface area contributed by atoms with E-state index in [0.29, 0.717) is 24.3 Å². The van der Waals surface area contributed by atoms with Gasteiger partial charge in [-0.3, -0.25) is 0 Å². The van der Waals surface area contributed by atoms with Crippen molar-refractivity contribution < 1.29 is 4.74 Å². The number of benzene rings is 1. The molecule has 5 nitrogen and oxygen atoms in total. The summed E-state index contributed by atoms with van der Waals surface area (Å²) in [4.78, 5) is 9.12. The minimum absolute atomic E-state index is 0.595. The van der Waals surface area contributed by atoms with Gasteiger partial charge in [-0.1, -0.05) is 18.6 Å². The molecule has 0 amide bonds. The molecule has 2 heterocycles. The van der Waals surface area contributed by atoms with Crippen molar-refractivity contribution in [1.29, 1.82) is 0 Å². The number of aromatic nitrogens is 2. The molecule has 3 rings (SSSR count). The number of rotatable bonds is 6. The monoisotopic (exact) mass is 300 g/mol. The van der Waals surface area contributed by atoms with Crippen molar-refractivity contribution in [3.8, 4) is 5.88 Å². The van der Waals surface area contributed by atoms with Crippen molar-refractivity contribution in [2.75, 3.05) is 25.5 Å². The Morgan fingerprint density at radius 3 is 2.77 bits per heavy atom. The van der Waals surface area contributed by atoms with Crippen molar-refractivity contribution in [1.82, 2.24) is 15.3 Å². The number of fused-ring (bicyclic) bond motifs is 1. The summed E-state index contributed by atoms with van der Waals surface area (Å²) in [5, 5.41) is 6.64. The lowest BCUT2D eigenvalue weighted by Crippen LogP contribution is -2.34. The average Bonchev–Trinajstić information content (AvgIpc) is 2.59. The Morgan fingerprint density at radius 2 is 2.05 bits per heavy atom. The molecule has 2 aromatic rings. The first-order valence-electron chi connectivity index (χ1n) is 8.17. The third-order valence-corrected chi connectivity index (χ3v) is 4.12. The Morgan fingerprint density at radius 1 is 1.23 bits per heavy atom. The van der Waals surface area contributed by atoms with Crippen molar-refractivity contribution in [3.63, 3.8) is 0 Å². The Hall–Kier alpha value is -1.88. The van der Waals surface area contributed by atoms with Gasteiger partial charge in [-0.2, -0.15) is 0 Å². The van der Waals surface area contributed by atoms with Crippen molar-refractivity contribution in [3.05, 3.63) is 24.3 Å². The normalized spacial score (nSPS) is 18.3. The highest BCUT2D eigenvalue weighted by Crippen LogP contribution is 2.23. The average molecular weight is 300 g/mol. The van der Waals surface area contributed by atoms with Gasteiger partial charge in [0.05, 0.1) is 17.6 Å². The fourth-order valence-electron chi connectivity index (χ4n) is 2.92. The zero-order chi connectivity index (χ0) is 15.2. The first-order valence-corrected chi connectivity index (χ1v) is 8.17. The third-order valence-electron chi connectivity index (χ3n) is 4.12. The van der Waals surface area contributed by atoms with E-state index in [2.05, 4.69) is 20.6 Å². The van der Waals surface area contributed by atoms with E-state index < -0.39 is 0 Å². The molecule has 1 aromatic carbocycles. The van der Waals surface area contributed by atoms with E-state index in [0.717, 1.165) is 30.4 Å². The molecule has 0 spiro atoms. The molecule has 0 saturated carbocycles. The highest BCUT2D eigenvalue weighted by atomic mass is 16.5. The molecule has 1 atom stereocenters. The van der Waals surface area contributed by atoms with Crippen molar-refractivity contribution in [2.45, 2.75) is 38.1 Å². The molecular formula is C17H24N4O. The molecule has 118 valence electrons. The maximum absolute atomic E-state index is 5.86. The molecule has 1 aromatic heterocycles. The van der Waals surface area contributed by atoms with Crippen LogP contribution < -0.4 is 15.4 Å². The van der Waals surface area contributed by atoms with Crippen LogP contribution in [0.3, 0.4) is 0 Å². The summed E-state index contributed by atoms with van der Waals surface area (Å²) in [6.45, 7) is 1.84. The minimum atomic E-state index is 0.595. The Kier molecular flexibility index (Phi) is 5.06. The summed E-state index contributed by atoms with van der Waals surface area (Å²) in [6, 6.07) is 8.51. The number of nitrogens with zero attached hydrogens (tertiary/aromatic N) is 2. The summed E-state index contributed by atoms with van der Waals surface area (Å²) in [5.74, 6) is 1.30. The third kappa shape index (κ3) is 3.65. The number of piperidine rings is 1. The maximum Gasteiger partial charge on any atom is 0.258 e. The lowest BCUT2D eigenvalue weighted by atomic mass is 10.0. The highest BCUT2D eigenvalue weighted by Gasteiger charge is 2.13. The number of hydrogen-bond acceptors (Lipinski definition) is 5. The molecule has 5 heteroatoms. The van der Waals surface area contributed by atoms with E-state index >= 15 is 0 Å². The van der Waals surface area contributed by atoms with E-state index in [1.165, 1.54) is 19.3 Å². The maximum atomic E-state index is 5.86. The number of ether oxygens (including phenoxy) is 1. The molecule has 1 aliphatic rings. The predicted octanol–water partition coefficient (Wildman–Crippen LogP) is 2.97. The summed E-state index contributed by atoms with van der Waals surface area (Å²) in [6.07, 6.45) is 6.15. The molecule has 1 aliphatic heterocycles. The van der Waals surface area contributed by atoms with E-state index in [1.54, 1.807) is 0 Å². The molecule has 1 unspecified atom stereocenters. The predicted molar refractivity (Wildman–Crippen MR) is 89.5 cm³/mol. The lowest BCUT2D eigenvalue weighted by Gasteiger charge is -2.23. The second kappa shape index (κ2) is 7.40. The second-order valence-electron chi connectivity index (χ2n) is 5.75. The molecular weight excluding hydrogens is 276 g/mol. The zero-order valence-electron chi connectivity index (χ0n) is 13.1. The quantitative estimate of drug-likeness (QED) is 0.803. The van der Waals surface area contributed by atoms with E-state index in [4.69, 9.17) is 4.74 Å². The molecule has 0 aliphatic carbocycles. The fraction of sp³-hybridized carbons (Fsp3) is 0.529. The van der Waals surface area contributed by atoms with Crippen LogP contribution in [0.15, 0.2) is 24.3 Å². The molecule has 1 saturated heterocycles. The van der Waals surface area contributed by atoms with Crippen molar-refractivity contribution >= 4 is 16.9 Å². The fourth-order valence-corrected chi connectivity index (χ4v) is 2.92. The van der Waals surface area contributed by atoms with Gasteiger partial charge >= 0.3 is 0 Å². The largest absolute Gasteiger partial charge is 0.475 e. The molecule has 22 heavy (non-hydrogen) atoms. The van der Waals surface area contributed by atoms with Crippen LogP contribution >= 0.6 is 0 Å². The smallest absolute Gasteiger partial charge is 0.258 e. The van der Waals surface area contributed by atoms with Gasteiger partial charge in [0.15, 0.2) is 5.82 Å². The first kappa shape index (κ1) is 15.0. The van der Waals surface area contributed by atoms with Crippen molar-refractivity contribution in [2.24, 2.45) is 0 Å². The first-order chi connectivity index (χ1) is 10.9. The SMILES string of the molecule is CNc1nc2ccccc2nc1OCCCC1CCCCN1. The van der Waals surface area contributed by atoms with Gasteiger partial charge < -0.3 is 15.4 Å². The summed E-state index contributed by atoms with van der Waals surface area (Å²) in [7, 11) is 1.84. The molecule has 0 bridgehead atoms. The molecule has 1 fully saturated rings. The van der Waals surface area contributed by atoms with Crippen LogP contribution in [0.5, 0.6) is 5.88 Å². The topological polar surface area (TPSA) is 59.1 Å². The van der Waals surface area contributed by atoms with Crippen LogP contribution in [-0.2, 0) is 0 Å². The van der Waals surface area contributed by atoms with Gasteiger partial charge in [0, 0.05) is 13.1 Å². The van der Waals surface area contributed by atoms with Gasteiger partial charge in [0.1, 0.15) is 0 Å². The Bertz CT molecular complexity index is 611. The van der Waals surface area contributed by atoms with Gasteiger partial charge in [-0.25, -0.2) is 9.97 Å². The molecule has 2 N–H and O–H groups in total. The van der Waals surface area contributed by atoms with Crippen LogP contribution in [0.2, 0.25) is 0 Å². The Labute approximate surface area is 131 Å². The lowest BCUT2D eigenvalue weighted by molar-refractivity contribution is 0.278. The van der Waals surface area contributed by atoms with E-state index in [9.17, 15) is 0 Å². The standard InChI is InChI=1S/C17H24N4O/c1-18-16-17(21-15-10-3-2-9-14(15)20-16)22-12-6-8-13-7-4-5-11-19-13/h2-3,9-10,13,19H,4-8,11-12H2,1H3,(H,18,20). The van der Waals surface area contributed by atoms with Crippen LogP contribution in [0, 0.1) is 0 Å². The minimum Gasteiger partial charge on any atom is -0.475 e. The summed E-state index contributed by atoms with van der Waals surface area (Å²) >= 11 is 0. The second-order valence-corrected chi connectivity index (χ2v) is 5.75. The van der Waals surface area contributed by atoms with E-state index in [1.807, 2.05) is 31.3 Å². The number of para-hydroxylation sites is 2. The number of nitrogens with one attached hydrogen (secondary N) is 2. The highest BCUT2D eigenvalue weighted by molar-refractivity contribution is 5.77. The van der Waals surface area contributed by atoms with Crippen LogP contribution in [0.25, 0.3) is 11.0 Å². The summed E-state index contributed by atoms with van der Waals surface area (Å²) < 4.78 is 5.86. The Balaban J connectivity index is 1.58. The van der Waals surface area contributed by atoms with Crippen LogP contribution in [0.1, 0.15) is 32.1 Å². The van der Waals surface area contributed by atoms with Gasteiger partial charge in [-0.15, -0.1) is 0 Å². The van der Waals surface area contributed by atoms with Crippen LogP contribution in [-0.4, -0.2) is 36.2 Å². The van der Waals surface area contributed by atoms with Crippen LogP contribution in [0.4, 0.5) is 5.82 Å².